The molecule has 0 aromatic carbocycles. The summed E-state index contributed by atoms with van der Waals surface area (Å²) in [6.07, 6.45) is -3.13. The Bertz CT molecular complexity index is 165. The molecule has 0 amide bonds. The predicted molar refractivity (Wildman–Crippen MR) is 45.4 cm³/mol. The molecule has 0 aromatic rings. The minimum atomic E-state index is -4.04. The lowest BCUT2D eigenvalue weighted by Crippen LogP contribution is -2.50. The summed E-state index contributed by atoms with van der Waals surface area (Å²) in [5.41, 5.74) is 0. The van der Waals surface area contributed by atoms with Crippen molar-refractivity contribution < 1.29 is 13.2 Å². The third-order valence-electron chi connectivity index (χ3n) is 2.64. The molecule has 0 aliphatic carbocycles. The van der Waals surface area contributed by atoms with Crippen LogP contribution in [0.1, 0.15) is 26.7 Å². The predicted octanol–water partition coefficient (Wildman–Crippen LogP) is 2.57. The fourth-order valence-corrected chi connectivity index (χ4v) is 1.98. The smallest absolute Gasteiger partial charge is 0.313 e. The molecule has 0 saturated carbocycles. The Balaban J connectivity index is 2.67. The van der Waals surface area contributed by atoms with E-state index in [1.165, 1.54) is 0 Å². The van der Waals surface area contributed by atoms with Crippen LogP contribution >= 0.6 is 0 Å². The van der Waals surface area contributed by atoms with Crippen molar-refractivity contribution in [2.75, 3.05) is 6.54 Å². The van der Waals surface area contributed by atoms with Crippen molar-refractivity contribution in [1.82, 2.24) is 5.32 Å². The highest BCUT2D eigenvalue weighted by Crippen LogP contribution is 2.36. The molecule has 13 heavy (non-hydrogen) atoms. The summed E-state index contributed by atoms with van der Waals surface area (Å²) >= 11 is 0. The molecule has 1 aliphatic heterocycles. The van der Waals surface area contributed by atoms with E-state index < -0.39 is 18.1 Å². The molecule has 1 nitrogen and oxygen atoms in total. The summed E-state index contributed by atoms with van der Waals surface area (Å²) in [5, 5.41) is 2.96. The van der Waals surface area contributed by atoms with E-state index >= 15 is 0 Å². The van der Waals surface area contributed by atoms with Crippen LogP contribution in [0.15, 0.2) is 0 Å². The molecular weight excluding hydrogens is 179 g/mol. The molecule has 0 unspecified atom stereocenters. The van der Waals surface area contributed by atoms with E-state index in [-0.39, 0.29) is 12.3 Å². The topological polar surface area (TPSA) is 12.0 Å². The van der Waals surface area contributed by atoms with Crippen LogP contribution < -0.4 is 5.32 Å². The van der Waals surface area contributed by atoms with Gasteiger partial charge in [-0.2, -0.15) is 13.2 Å². The highest BCUT2D eigenvalue weighted by molar-refractivity contribution is 4.87. The number of alkyl halides is 3. The van der Waals surface area contributed by atoms with Crippen molar-refractivity contribution >= 4 is 0 Å². The van der Waals surface area contributed by atoms with Gasteiger partial charge in [0.25, 0.3) is 0 Å². The second kappa shape index (κ2) is 3.86. The number of halogens is 3. The van der Waals surface area contributed by atoms with Gasteiger partial charge in [-0.3, -0.25) is 0 Å². The van der Waals surface area contributed by atoms with Crippen LogP contribution in [-0.2, 0) is 0 Å². The zero-order chi connectivity index (χ0) is 10.1. The normalized spacial score (nSPS) is 30.9. The molecule has 1 N–H and O–H groups in total. The molecule has 1 rings (SSSR count). The van der Waals surface area contributed by atoms with Crippen molar-refractivity contribution in [3.63, 3.8) is 0 Å². The highest BCUT2D eigenvalue weighted by atomic mass is 19.4. The van der Waals surface area contributed by atoms with Gasteiger partial charge >= 0.3 is 6.18 Å². The Kier molecular flexibility index (Phi) is 3.22. The van der Waals surface area contributed by atoms with E-state index in [2.05, 4.69) is 5.32 Å². The molecular formula is C9H16F3N. The number of hydrogen-bond acceptors (Lipinski definition) is 1. The number of rotatable bonds is 1. The Hall–Kier alpha value is -0.250. The lowest BCUT2D eigenvalue weighted by atomic mass is 9.84. The average molecular weight is 195 g/mol. The highest BCUT2D eigenvalue weighted by Gasteiger charge is 2.46. The molecule has 1 heterocycles. The van der Waals surface area contributed by atoms with Gasteiger partial charge in [0.05, 0.1) is 5.92 Å². The van der Waals surface area contributed by atoms with Crippen LogP contribution in [0, 0.1) is 11.8 Å². The van der Waals surface area contributed by atoms with Crippen LogP contribution in [0.3, 0.4) is 0 Å². The van der Waals surface area contributed by atoms with Gasteiger partial charge in [-0.1, -0.05) is 13.8 Å². The first kappa shape index (κ1) is 10.8. The Morgan fingerprint density at radius 2 is 1.92 bits per heavy atom. The van der Waals surface area contributed by atoms with Crippen molar-refractivity contribution in [2.24, 2.45) is 11.8 Å². The third kappa shape index (κ3) is 2.59. The Labute approximate surface area is 76.7 Å². The van der Waals surface area contributed by atoms with Gasteiger partial charge in [0.15, 0.2) is 0 Å². The minimum absolute atomic E-state index is 0.0481. The number of hydrogen-bond donors (Lipinski definition) is 1. The van der Waals surface area contributed by atoms with E-state index in [0.29, 0.717) is 6.42 Å². The van der Waals surface area contributed by atoms with Gasteiger partial charge in [-0.15, -0.1) is 0 Å². The lowest BCUT2D eigenvalue weighted by molar-refractivity contribution is -0.191. The fourth-order valence-electron chi connectivity index (χ4n) is 1.98. The average Bonchev–Trinajstić information content (AvgIpc) is 2.03. The molecule has 1 aliphatic rings. The number of nitrogens with one attached hydrogen (secondary N) is 1. The molecule has 0 spiro atoms. The third-order valence-corrected chi connectivity index (χ3v) is 2.64. The lowest BCUT2D eigenvalue weighted by Gasteiger charge is -2.36. The quantitative estimate of drug-likeness (QED) is 0.678. The van der Waals surface area contributed by atoms with Gasteiger partial charge in [0.2, 0.25) is 0 Å². The summed E-state index contributed by atoms with van der Waals surface area (Å²) in [6, 6.07) is -0.395. The standard InChI is InChI=1S/C9H16F3N/c1-6(2)8-7(9(10,11)12)4-3-5-13-8/h6-8,13H,3-5H2,1-2H3/t7-,8+/m1/s1. The Morgan fingerprint density at radius 1 is 1.31 bits per heavy atom. The summed E-state index contributed by atoms with van der Waals surface area (Å²) in [6.45, 7) is 4.39. The molecule has 1 fully saturated rings. The van der Waals surface area contributed by atoms with Crippen molar-refractivity contribution in [1.29, 1.82) is 0 Å². The molecule has 1 saturated heterocycles. The molecule has 0 aromatic heterocycles. The van der Waals surface area contributed by atoms with E-state index in [1.54, 1.807) is 0 Å². The largest absolute Gasteiger partial charge is 0.393 e. The molecule has 0 radical (unpaired) electrons. The van der Waals surface area contributed by atoms with E-state index in [9.17, 15) is 13.2 Å². The molecule has 4 heteroatoms. The van der Waals surface area contributed by atoms with Crippen molar-refractivity contribution in [2.45, 2.75) is 38.9 Å². The van der Waals surface area contributed by atoms with Gasteiger partial charge in [0.1, 0.15) is 0 Å². The SMILES string of the molecule is CC(C)[C@@H]1NCCC[C@H]1C(F)(F)F. The second-order valence-corrected chi connectivity index (χ2v) is 4.01. The van der Waals surface area contributed by atoms with Crippen LogP contribution in [0.25, 0.3) is 0 Å². The zero-order valence-corrected chi connectivity index (χ0v) is 7.99. The fraction of sp³-hybridized carbons (Fsp3) is 1.00. The first-order valence-corrected chi connectivity index (χ1v) is 4.73. The maximum Gasteiger partial charge on any atom is 0.393 e. The molecule has 78 valence electrons. The summed E-state index contributed by atoms with van der Waals surface area (Å²) in [5.74, 6) is -1.10. The van der Waals surface area contributed by atoms with Crippen LogP contribution in [0.5, 0.6) is 0 Å². The summed E-state index contributed by atoms with van der Waals surface area (Å²) in [4.78, 5) is 0. The maximum absolute atomic E-state index is 12.5. The van der Waals surface area contributed by atoms with Crippen molar-refractivity contribution in [3.05, 3.63) is 0 Å². The van der Waals surface area contributed by atoms with E-state index in [0.717, 1.165) is 6.54 Å². The minimum Gasteiger partial charge on any atom is -0.313 e. The van der Waals surface area contributed by atoms with E-state index in [4.69, 9.17) is 0 Å². The van der Waals surface area contributed by atoms with Gasteiger partial charge in [0, 0.05) is 6.04 Å². The Morgan fingerprint density at radius 3 is 2.31 bits per heavy atom. The maximum atomic E-state index is 12.5. The van der Waals surface area contributed by atoms with Crippen LogP contribution in [0.2, 0.25) is 0 Å². The number of piperidine rings is 1. The first-order valence-electron chi connectivity index (χ1n) is 4.73. The van der Waals surface area contributed by atoms with Gasteiger partial charge < -0.3 is 5.32 Å². The van der Waals surface area contributed by atoms with Gasteiger partial charge in [-0.05, 0) is 25.3 Å². The first-order chi connectivity index (χ1) is 5.93. The van der Waals surface area contributed by atoms with E-state index in [1.807, 2.05) is 13.8 Å². The zero-order valence-electron chi connectivity index (χ0n) is 7.99. The summed E-state index contributed by atoms with van der Waals surface area (Å²) in [7, 11) is 0. The summed E-state index contributed by atoms with van der Waals surface area (Å²) < 4.78 is 37.5. The molecule has 0 bridgehead atoms. The molecule has 2 atom stereocenters. The van der Waals surface area contributed by atoms with Crippen molar-refractivity contribution in [3.8, 4) is 0 Å². The monoisotopic (exact) mass is 195 g/mol. The van der Waals surface area contributed by atoms with Gasteiger partial charge in [-0.25, -0.2) is 0 Å². The second-order valence-electron chi connectivity index (χ2n) is 4.01. The van der Waals surface area contributed by atoms with Crippen LogP contribution in [-0.4, -0.2) is 18.8 Å². The van der Waals surface area contributed by atoms with Crippen LogP contribution in [0.4, 0.5) is 13.2 Å².